The first-order chi connectivity index (χ1) is 18.7. The number of rotatable bonds is 4. The smallest absolute Gasteiger partial charge is 0.425 e. The van der Waals surface area contributed by atoms with E-state index in [0.717, 1.165) is 17.7 Å². The van der Waals surface area contributed by atoms with Gasteiger partial charge < -0.3 is 19.4 Å². The first kappa shape index (κ1) is 45.6. The molecule has 0 aliphatic heterocycles. The normalized spacial score (nSPS) is 10.8. The monoisotopic (exact) mass is 710 g/mol. The van der Waals surface area contributed by atoms with Gasteiger partial charge in [0.05, 0.1) is 21.2 Å². The van der Waals surface area contributed by atoms with Crippen LogP contribution in [0, 0.1) is 28.9 Å². The molecule has 2 aromatic rings. The maximum absolute atomic E-state index is 10.7. The Kier molecular flexibility index (Phi) is 24.1. The summed E-state index contributed by atoms with van der Waals surface area (Å²) in [4.78, 5) is 17.3. The summed E-state index contributed by atoms with van der Waals surface area (Å²) in [7, 11) is -16.2. The van der Waals surface area contributed by atoms with Crippen LogP contribution >= 0.6 is 0 Å². The number of aryl methyl sites for hydroxylation is 2. The molecule has 0 spiro atoms. The summed E-state index contributed by atoms with van der Waals surface area (Å²) in [5, 5.41) is 26.8. The van der Waals surface area contributed by atoms with Gasteiger partial charge in [0, 0.05) is 11.6 Å². The predicted octanol–water partition coefficient (Wildman–Crippen LogP) is -1.05. The van der Waals surface area contributed by atoms with Crippen molar-refractivity contribution in [3.8, 4) is 0 Å². The fraction of sp³-hybridized carbons (Fsp3) is 0.143. The van der Waals surface area contributed by atoms with E-state index in [-0.39, 0.29) is 10.6 Å². The molecule has 0 fully saturated rings. The number of nitrogens with zero attached hydrogens (tertiary/aromatic N) is 2. The molecule has 0 bridgehead atoms. The molecule has 42 heavy (non-hydrogen) atoms. The van der Waals surface area contributed by atoms with E-state index in [2.05, 4.69) is 4.33 Å². The Hall–Kier alpha value is -3.42. The average Bonchev–Trinajstić information content (AvgIpc) is 2.78. The molecule has 1 unspecified atom stereocenters. The predicted molar refractivity (Wildman–Crippen MR) is 130 cm³/mol. The molecular formula is C14H18N2O21S5-2. The van der Waals surface area contributed by atoms with Crippen LogP contribution in [0.15, 0.2) is 57.6 Å². The van der Waals surface area contributed by atoms with Crippen LogP contribution in [0.25, 0.3) is 0 Å². The van der Waals surface area contributed by atoms with E-state index in [9.17, 15) is 26.9 Å². The van der Waals surface area contributed by atoms with Crippen LogP contribution in [0.4, 0.5) is 5.69 Å². The lowest BCUT2D eigenvalue weighted by Crippen LogP contribution is -2.06. The zero-order chi connectivity index (χ0) is 34.5. The number of hydrogen-bond donors (Lipinski definition) is 5. The zero-order valence-electron chi connectivity index (χ0n) is 20.2. The van der Waals surface area contributed by atoms with E-state index in [1.54, 1.807) is 12.1 Å². The van der Waals surface area contributed by atoms with Crippen molar-refractivity contribution < 1.29 is 84.6 Å². The maximum atomic E-state index is 10.7. The fourth-order valence-electron chi connectivity index (χ4n) is 1.66. The van der Waals surface area contributed by atoms with Crippen LogP contribution in [-0.2, 0) is 56.9 Å². The van der Waals surface area contributed by atoms with Gasteiger partial charge in [-0.15, -0.1) is 17.5 Å². The van der Waals surface area contributed by atoms with Crippen molar-refractivity contribution in [3.63, 3.8) is 0 Å². The van der Waals surface area contributed by atoms with Gasteiger partial charge in [0.25, 0.3) is 25.9 Å². The summed E-state index contributed by atoms with van der Waals surface area (Å²) >= 11 is -2.88. The second kappa shape index (κ2) is 22.2. The molecule has 2 aromatic carbocycles. The van der Waals surface area contributed by atoms with Crippen molar-refractivity contribution in [2.45, 2.75) is 23.6 Å². The van der Waals surface area contributed by atoms with Crippen molar-refractivity contribution in [1.29, 1.82) is 0 Å². The molecule has 0 aromatic heterocycles. The van der Waals surface area contributed by atoms with E-state index in [1.165, 1.54) is 30.5 Å². The fourth-order valence-corrected chi connectivity index (χ4v) is 2.64. The molecule has 28 heteroatoms. The lowest BCUT2D eigenvalue weighted by atomic mass is 10.2. The Morgan fingerprint density at radius 1 is 0.810 bits per heavy atom. The third kappa shape index (κ3) is 32.8. The molecule has 0 aliphatic rings. The molecule has 0 amide bonds. The van der Waals surface area contributed by atoms with E-state index >= 15 is 0 Å². The molecule has 5 N–H and O–H groups in total. The highest BCUT2D eigenvalue weighted by Crippen LogP contribution is 2.21. The lowest BCUT2D eigenvalue weighted by molar-refractivity contribution is -0.635. The van der Waals surface area contributed by atoms with Gasteiger partial charge in [0.2, 0.25) is 0 Å². The van der Waals surface area contributed by atoms with Crippen molar-refractivity contribution >= 4 is 58.3 Å². The summed E-state index contributed by atoms with van der Waals surface area (Å²) in [6, 6.07) is 9.19. The van der Waals surface area contributed by atoms with Gasteiger partial charge in [-0.25, -0.2) is 4.21 Å². The minimum absolute atomic E-state index is 0.0666. The largest absolute Gasteiger partial charge is 0.750 e. The molecule has 1 atom stereocenters. The quantitative estimate of drug-likeness (QED) is 0.0630. The molecule has 0 saturated carbocycles. The molecule has 2 rings (SSSR count). The standard InChI is InChI=1S/C7H7NO5S.C7H8O3S.HNO2.2H2O4S.O3S/c1-5-2-3-6(14(11,12)13)4-7(5)8(9)10;1-6-2-4-7(5-3-6)11(8,9)10;2-1-3;1-5(2,3)4;1-4-5(2)3;1-4(2)3/h2-4H,1H3,(H,11,12,13);2-5H,1H3,(H,8,9,10);(H,2,3);(H2,1,2,3,4);1H,(H,2,3);/p-2. The third-order valence-electron chi connectivity index (χ3n) is 3.05. The van der Waals surface area contributed by atoms with Crippen molar-refractivity contribution in [1.82, 2.24) is 0 Å². The average molecular weight is 711 g/mol. The van der Waals surface area contributed by atoms with Crippen LogP contribution in [0.2, 0.25) is 0 Å². The lowest BCUT2D eigenvalue weighted by Gasteiger charge is -2.05. The van der Waals surface area contributed by atoms with Crippen LogP contribution < -0.4 is 5.26 Å². The summed E-state index contributed by atoms with van der Waals surface area (Å²) in [6.45, 7) is 3.32. The van der Waals surface area contributed by atoms with Crippen LogP contribution in [0.3, 0.4) is 0 Å². The van der Waals surface area contributed by atoms with Gasteiger partial charge in [0.15, 0.2) is 5.34 Å². The molecule has 242 valence electrons. The summed E-state index contributed by atoms with van der Waals surface area (Å²) in [5.41, 5.74) is 0.958. The Bertz CT molecular complexity index is 1570. The summed E-state index contributed by atoms with van der Waals surface area (Å²) in [6.07, 6.45) is 0. The van der Waals surface area contributed by atoms with Gasteiger partial charge in [-0.1, -0.05) is 23.8 Å². The third-order valence-corrected chi connectivity index (χ3v) is 4.88. The molecular weight excluding hydrogens is 692 g/mol. The number of nitro benzene ring substituents is 1. The van der Waals surface area contributed by atoms with Crippen LogP contribution in [0.5, 0.6) is 0 Å². The highest BCUT2D eigenvalue weighted by molar-refractivity contribution is 7.86. The van der Waals surface area contributed by atoms with Gasteiger partial charge >= 0.3 is 21.0 Å². The SMILES string of the molecule is Cc1ccc(S(=O)(=O)O)cc1.Cc1ccc(S(=O)(=O)O)cc1[N+](=O)[O-].O=NO.O=S(=O)(O)O.O=S(=O)=O.O=S([O-])O[O-]. The van der Waals surface area contributed by atoms with Crippen molar-refractivity contribution in [3.05, 3.63) is 68.6 Å². The number of hydrogen-bond acceptors (Lipinski definition) is 17. The van der Waals surface area contributed by atoms with Gasteiger partial charge in [-0.2, -0.15) is 25.3 Å². The zero-order valence-corrected chi connectivity index (χ0v) is 24.3. The molecule has 0 radical (unpaired) electrons. The van der Waals surface area contributed by atoms with Crippen LogP contribution in [-0.4, -0.2) is 75.0 Å². The van der Waals surface area contributed by atoms with E-state index in [1.807, 2.05) is 6.92 Å². The van der Waals surface area contributed by atoms with Crippen LogP contribution in [0.1, 0.15) is 11.1 Å². The van der Waals surface area contributed by atoms with Gasteiger partial charge in [-0.3, -0.25) is 28.3 Å². The second-order valence-corrected chi connectivity index (χ2v) is 10.7. The van der Waals surface area contributed by atoms with E-state index < -0.39 is 62.4 Å². The highest BCUT2D eigenvalue weighted by atomic mass is 32.3. The first-order valence-electron chi connectivity index (χ1n) is 8.84. The Labute approximate surface area is 240 Å². The molecule has 0 heterocycles. The maximum Gasteiger partial charge on any atom is 0.425 e. The van der Waals surface area contributed by atoms with Crippen molar-refractivity contribution in [2.24, 2.45) is 5.34 Å². The topological polar surface area (TPSA) is 400 Å². The van der Waals surface area contributed by atoms with E-state index in [0.29, 0.717) is 5.56 Å². The minimum Gasteiger partial charge on any atom is -0.750 e. The second-order valence-electron chi connectivity index (χ2n) is 5.97. The first-order valence-corrected chi connectivity index (χ1v) is 15.1. The Morgan fingerprint density at radius 3 is 1.33 bits per heavy atom. The molecule has 0 aliphatic carbocycles. The van der Waals surface area contributed by atoms with Crippen molar-refractivity contribution in [2.75, 3.05) is 0 Å². The number of nitro groups is 1. The van der Waals surface area contributed by atoms with E-state index in [4.69, 9.17) is 63.4 Å². The summed E-state index contributed by atoms with van der Waals surface area (Å²) < 4.78 is 136. The molecule has 23 nitrogen and oxygen atoms in total. The Morgan fingerprint density at radius 2 is 1.10 bits per heavy atom. The van der Waals surface area contributed by atoms with Gasteiger partial charge in [-0.05, 0) is 32.0 Å². The Balaban J connectivity index is -0.000000228. The molecule has 0 saturated heterocycles. The number of benzene rings is 2. The highest BCUT2D eigenvalue weighted by Gasteiger charge is 2.17. The summed E-state index contributed by atoms with van der Waals surface area (Å²) in [5.74, 6) is 0. The minimum atomic E-state index is -4.67. The van der Waals surface area contributed by atoms with Gasteiger partial charge in [0.1, 0.15) is 4.90 Å².